The molecule has 3 nitrogen and oxygen atoms in total. The summed E-state index contributed by atoms with van der Waals surface area (Å²) < 4.78 is 16.3. The van der Waals surface area contributed by atoms with Crippen molar-refractivity contribution in [3.8, 4) is 5.75 Å². The number of rotatable bonds is 6. The van der Waals surface area contributed by atoms with E-state index in [0.717, 1.165) is 44.0 Å². The van der Waals surface area contributed by atoms with Crippen LogP contribution < -0.4 is 10.1 Å². The van der Waals surface area contributed by atoms with Crippen molar-refractivity contribution in [1.82, 2.24) is 5.32 Å². The Kier molecular flexibility index (Phi) is 4.57. The molecule has 1 heterocycles. The van der Waals surface area contributed by atoms with Gasteiger partial charge < -0.3 is 10.1 Å². The summed E-state index contributed by atoms with van der Waals surface area (Å²) in [5.74, 6) is 1.78. The SMILES string of the molecule is CS(=O)CCNCCc1ccc2c(c1)CCO2. The third-order valence-electron chi connectivity index (χ3n) is 2.91. The van der Waals surface area contributed by atoms with Crippen LogP contribution in [0.2, 0.25) is 0 Å². The first kappa shape index (κ1) is 12.6. The van der Waals surface area contributed by atoms with E-state index in [-0.39, 0.29) is 0 Å². The summed E-state index contributed by atoms with van der Waals surface area (Å²) in [6.45, 7) is 2.59. The Hall–Kier alpha value is -0.870. The molecule has 0 amide bonds. The number of fused-ring (bicyclic) bond motifs is 1. The molecule has 1 N–H and O–H groups in total. The zero-order valence-electron chi connectivity index (χ0n) is 10.2. The average molecular weight is 253 g/mol. The molecular formula is C13H19NO2S. The molecule has 2 rings (SSSR count). The van der Waals surface area contributed by atoms with Gasteiger partial charge in [-0.05, 0) is 30.2 Å². The summed E-state index contributed by atoms with van der Waals surface area (Å²) in [6.07, 6.45) is 3.79. The van der Waals surface area contributed by atoms with Crippen LogP contribution in [0.4, 0.5) is 0 Å². The van der Waals surface area contributed by atoms with Crippen molar-refractivity contribution >= 4 is 10.8 Å². The van der Waals surface area contributed by atoms with Crippen LogP contribution in [0.3, 0.4) is 0 Å². The summed E-state index contributed by atoms with van der Waals surface area (Å²) in [5, 5.41) is 3.31. The smallest absolute Gasteiger partial charge is 0.122 e. The molecule has 1 aliphatic heterocycles. The summed E-state index contributed by atoms with van der Waals surface area (Å²) in [7, 11) is -0.692. The predicted molar refractivity (Wildman–Crippen MR) is 71.1 cm³/mol. The van der Waals surface area contributed by atoms with E-state index in [2.05, 4.69) is 23.5 Å². The second-order valence-electron chi connectivity index (χ2n) is 4.32. The Bertz CT molecular complexity index is 406. The molecular weight excluding hydrogens is 234 g/mol. The fourth-order valence-electron chi connectivity index (χ4n) is 1.97. The first-order chi connectivity index (χ1) is 8.25. The molecule has 0 saturated heterocycles. The van der Waals surface area contributed by atoms with E-state index >= 15 is 0 Å². The standard InChI is InChI=1S/C13H19NO2S/c1-17(15)9-7-14-6-4-11-2-3-13-12(10-11)5-8-16-13/h2-3,10,14H,4-9H2,1H3. The number of nitrogens with one attached hydrogen (secondary N) is 1. The lowest BCUT2D eigenvalue weighted by atomic mass is 10.1. The molecule has 1 aliphatic rings. The van der Waals surface area contributed by atoms with Gasteiger partial charge in [-0.15, -0.1) is 0 Å². The van der Waals surface area contributed by atoms with Gasteiger partial charge in [-0.2, -0.15) is 0 Å². The molecule has 0 radical (unpaired) electrons. The van der Waals surface area contributed by atoms with E-state index in [4.69, 9.17) is 4.74 Å². The van der Waals surface area contributed by atoms with Crippen LogP contribution in [-0.4, -0.2) is 35.9 Å². The van der Waals surface area contributed by atoms with E-state index < -0.39 is 10.8 Å². The van der Waals surface area contributed by atoms with Crippen molar-refractivity contribution in [2.24, 2.45) is 0 Å². The van der Waals surface area contributed by atoms with Crippen LogP contribution in [0.1, 0.15) is 11.1 Å². The van der Waals surface area contributed by atoms with Gasteiger partial charge >= 0.3 is 0 Å². The maximum absolute atomic E-state index is 10.9. The Morgan fingerprint density at radius 2 is 2.29 bits per heavy atom. The molecule has 1 aromatic rings. The van der Waals surface area contributed by atoms with Gasteiger partial charge in [0.1, 0.15) is 5.75 Å². The Morgan fingerprint density at radius 3 is 3.12 bits per heavy atom. The van der Waals surface area contributed by atoms with Gasteiger partial charge in [0, 0.05) is 35.8 Å². The molecule has 17 heavy (non-hydrogen) atoms. The molecule has 0 bridgehead atoms. The summed E-state index contributed by atoms with van der Waals surface area (Å²) in [4.78, 5) is 0. The Labute approximate surface area is 105 Å². The van der Waals surface area contributed by atoms with Crippen LogP contribution in [0.15, 0.2) is 18.2 Å². The first-order valence-electron chi connectivity index (χ1n) is 6.01. The lowest BCUT2D eigenvalue weighted by molar-refractivity contribution is 0.357. The van der Waals surface area contributed by atoms with Crippen molar-refractivity contribution in [1.29, 1.82) is 0 Å². The third kappa shape index (κ3) is 3.82. The predicted octanol–water partition coefficient (Wildman–Crippen LogP) is 1.13. The number of benzene rings is 1. The zero-order valence-corrected chi connectivity index (χ0v) is 11.0. The first-order valence-corrected chi connectivity index (χ1v) is 7.74. The van der Waals surface area contributed by atoms with E-state index in [1.165, 1.54) is 11.1 Å². The second kappa shape index (κ2) is 6.17. The molecule has 0 aliphatic carbocycles. The van der Waals surface area contributed by atoms with E-state index in [9.17, 15) is 4.21 Å². The number of ether oxygens (including phenoxy) is 1. The minimum atomic E-state index is -0.692. The van der Waals surface area contributed by atoms with Crippen molar-refractivity contribution in [3.05, 3.63) is 29.3 Å². The van der Waals surface area contributed by atoms with Crippen molar-refractivity contribution in [2.45, 2.75) is 12.8 Å². The third-order valence-corrected chi connectivity index (χ3v) is 3.69. The fraction of sp³-hybridized carbons (Fsp3) is 0.538. The topological polar surface area (TPSA) is 38.3 Å². The van der Waals surface area contributed by atoms with Gasteiger partial charge in [-0.1, -0.05) is 12.1 Å². The van der Waals surface area contributed by atoms with Crippen molar-refractivity contribution in [3.63, 3.8) is 0 Å². The minimum Gasteiger partial charge on any atom is -0.493 e. The van der Waals surface area contributed by atoms with Gasteiger partial charge in [0.05, 0.1) is 6.61 Å². The number of hydrogen-bond acceptors (Lipinski definition) is 3. The van der Waals surface area contributed by atoms with E-state index in [1.807, 2.05) is 0 Å². The maximum Gasteiger partial charge on any atom is 0.122 e. The van der Waals surface area contributed by atoms with Gasteiger partial charge in [0.2, 0.25) is 0 Å². The monoisotopic (exact) mass is 253 g/mol. The van der Waals surface area contributed by atoms with Crippen LogP contribution in [0.25, 0.3) is 0 Å². The van der Waals surface area contributed by atoms with Crippen LogP contribution in [0, 0.1) is 0 Å². The van der Waals surface area contributed by atoms with E-state index in [1.54, 1.807) is 6.26 Å². The molecule has 1 unspecified atom stereocenters. The highest BCUT2D eigenvalue weighted by Crippen LogP contribution is 2.25. The normalized spacial score (nSPS) is 15.4. The van der Waals surface area contributed by atoms with Gasteiger partial charge in [-0.25, -0.2) is 0 Å². The van der Waals surface area contributed by atoms with Crippen LogP contribution in [0.5, 0.6) is 5.75 Å². The largest absolute Gasteiger partial charge is 0.493 e. The summed E-state index contributed by atoms with van der Waals surface area (Å²) in [6, 6.07) is 6.44. The minimum absolute atomic E-state index is 0.692. The lowest BCUT2D eigenvalue weighted by Crippen LogP contribution is -2.22. The lowest BCUT2D eigenvalue weighted by Gasteiger charge is -2.05. The molecule has 94 valence electrons. The molecule has 4 heteroatoms. The van der Waals surface area contributed by atoms with Gasteiger partial charge in [0.25, 0.3) is 0 Å². The highest BCUT2D eigenvalue weighted by Gasteiger charge is 2.11. The Morgan fingerprint density at radius 1 is 1.41 bits per heavy atom. The highest BCUT2D eigenvalue weighted by molar-refractivity contribution is 7.84. The van der Waals surface area contributed by atoms with Crippen molar-refractivity contribution in [2.75, 3.05) is 31.7 Å². The summed E-state index contributed by atoms with van der Waals surface area (Å²) in [5.41, 5.74) is 2.68. The molecule has 1 aromatic carbocycles. The molecule has 0 spiro atoms. The van der Waals surface area contributed by atoms with Gasteiger partial charge in [-0.3, -0.25) is 4.21 Å². The van der Waals surface area contributed by atoms with E-state index in [0.29, 0.717) is 0 Å². The van der Waals surface area contributed by atoms with Crippen LogP contribution in [-0.2, 0) is 23.6 Å². The summed E-state index contributed by atoms with van der Waals surface area (Å²) >= 11 is 0. The number of hydrogen-bond donors (Lipinski definition) is 1. The molecule has 0 fully saturated rings. The van der Waals surface area contributed by atoms with Crippen LogP contribution >= 0.6 is 0 Å². The average Bonchev–Trinajstić information content (AvgIpc) is 2.75. The maximum atomic E-state index is 10.9. The zero-order chi connectivity index (χ0) is 12.1. The molecule has 0 saturated carbocycles. The molecule has 1 atom stereocenters. The van der Waals surface area contributed by atoms with Crippen molar-refractivity contribution < 1.29 is 8.95 Å². The fourth-order valence-corrected chi connectivity index (χ4v) is 2.40. The molecule has 0 aromatic heterocycles. The highest BCUT2D eigenvalue weighted by atomic mass is 32.2. The Balaban J connectivity index is 1.74. The van der Waals surface area contributed by atoms with Gasteiger partial charge in [0.15, 0.2) is 0 Å². The quantitative estimate of drug-likeness (QED) is 0.773. The second-order valence-corrected chi connectivity index (χ2v) is 5.87.